The molecule has 0 aliphatic carbocycles. The van der Waals surface area contributed by atoms with Gasteiger partial charge in [-0.1, -0.05) is 23.7 Å². The number of benzene rings is 2. The Morgan fingerprint density at radius 1 is 1.06 bits per heavy atom. The smallest absolute Gasteiger partial charge is 0.339 e. The molecule has 1 atom stereocenters. The number of anilines is 1. The van der Waals surface area contributed by atoms with Crippen molar-refractivity contribution in [3.63, 3.8) is 0 Å². The number of ether oxygens (including phenoxy) is 1. The summed E-state index contributed by atoms with van der Waals surface area (Å²) in [5.41, 5.74) is 3.43. The van der Waals surface area contributed by atoms with Crippen LogP contribution in [0.25, 0.3) is 16.6 Å². The van der Waals surface area contributed by atoms with Crippen LogP contribution in [0.2, 0.25) is 5.15 Å². The van der Waals surface area contributed by atoms with Crippen molar-refractivity contribution >= 4 is 40.4 Å². The van der Waals surface area contributed by atoms with E-state index in [0.29, 0.717) is 22.3 Å². The van der Waals surface area contributed by atoms with Gasteiger partial charge in [0.05, 0.1) is 34.8 Å². The molecule has 0 spiro atoms. The van der Waals surface area contributed by atoms with E-state index < -0.39 is 18.2 Å². The van der Waals surface area contributed by atoms with Crippen LogP contribution in [0.1, 0.15) is 43.9 Å². The zero-order chi connectivity index (χ0) is 24.6. The Morgan fingerprint density at radius 3 is 2.41 bits per heavy atom. The Kier molecular flexibility index (Phi) is 6.23. The fourth-order valence-electron chi connectivity index (χ4n) is 3.82. The van der Waals surface area contributed by atoms with Crippen molar-refractivity contribution in [2.24, 2.45) is 0 Å². The van der Waals surface area contributed by atoms with E-state index in [0.717, 1.165) is 11.4 Å². The molecule has 174 valence electrons. The largest absolute Gasteiger partial charge is 0.478 e. The number of aromatic nitrogens is 3. The second-order valence-electron chi connectivity index (χ2n) is 7.61. The van der Waals surface area contributed by atoms with Gasteiger partial charge in [-0.3, -0.25) is 0 Å². The van der Waals surface area contributed by atoms with Gasteiger partial charge in [0.1, 0.15) is 5.15 Å². The number of carboxylic acids is 1. The number of rotatable bonds is 6. The highest BCUT2D eigenvalue weighted by molar-refractivity contribution is 6.35. The highest BCUT2D eigenvalue weighted by Gasteiger charge is 2.20. The van der Waals surface area contributed by atoms with E-state index in [1.165, 1.54) is 13.2 Å². The molecule has 0 saturated heterocycles. The Balaban J connectivity index is 1.73. The third-order valence-electron chi connectivity index (χ3n) is 5.43. The van der Waals surface area contributed by atoms with Crippen LogP contribution in [0, 0.1) is 13.8 Å². The van der Waals surface area contributed by atoms with Crippen LogP contribution in [-0.4, -0.2) is 43.8 Å². The van der Waals surface area contributed by atoms with Crippen molar-refractivity contribution in [1.82, 2.24) is 14.5 Å². The monoisotopic (exact) mass is 480 g/mol. The van der Waals surface area contributed by atoms with Crippen molar-refractivity contribution < 1.29 is 24.5 Å². The fourth-order valence-corrected chi connectivity index (χ4v) is 4.10. The van der Waals surface area contributed by atoms with Gasteiger partial charge in [-0.05, 0) is 50.2 Å². The summed E-state index contributed by atoms with van der Waals surface area (Å²) in [6, 6.07) is 13.3. The maximum absolute atomic E-state index is 12.4. The second-order valence-corrected chi connectivity index (χ2v) is 7.97. The molecule has 2 aromatic carbocycles. The molecule has 1 unspecified atom stereocenters. The summed E-state index contributed by atoms with van der Waals surface area (Å²) in [4.78, 5) is 32.3. The maximum atomic E-state index is 12.4. The molecule has 4 rings (SSSR count). The highest BCUT2D eigenvalue weighted by atomic mass is 35.5. The minimum atomic E-state index is -1.25. The number of nitrogens with zero attached hydrogens (tertiary/aromatic N) is 3. The van der Waals surface area contributed by atoms with Crippen LogP contribution in [0.4, 0.5) is 5.95 Å². The van der Waals surface area contributed by atoms with E-state index >= 15 is 0 Å². The SMILES string of the molecule is COC(=O)c1ccc(C(O)Nc2nc(Cl)c3c(C(=O)O)cccc3n2)cc1-n1c(C)ccc1C. The van der Waals surface area contributed by atoms with Crippen molar-refractivity contribution in [1.29, 1.82) is 0 Å². The van der Waals surface area contributed by atoms with E-state index in [-0.39, 0.29) is 22.1 Å². The average molecular weight is 481 g/mol. The molecule has 0 amide bonds. The Hall–Kier alpha value is -3.95. The van der Waals surface area contributed by atoms with Crippen molar-refractivity contribution in [2.75, 3.05) is 12.4 Å². The molecular weight excluding hydrogens is 460 g/mol. The number of carbonyl (C=O) groups excluding carboxylic acids is 1. The number of aryl methyl sites for hydroxylation is 2. The molecule has 3 N–H and O–H groups in total. The zero-order valence-corrected chi connectivity index (χ0v) is 19.3. The molecule has 2 aromatic heterocycles. The number of fused-ring (bicyclic) bond motifs is 1. The fraction of sp³-hybridized carbons (Fsp3) is 0.167. The van der Waals surface area contributed by atoms with Crippen LogP contribution in [0.5, 0.6) is 0 Å². The van der Waals surface area contributed by atoms with Gasteiger partial charge in [0, 0.05) is 17.0 Å². The number of aromatic carboxylic acids is 1. The summed E-state index contributed by atoms with van der Waals surface area (Å²) >= 11 is 6.25. The van der Waals surface area contributed by atoms with Gasteiger partial charge in [0.2, 0.25) is 5.95 Å². The van der Waals surface area contributed by atoms with E-state index in [1.54, 1.807) is 30.3 Å². The van der Waals surface area contributed by atoms with Crippen molar-refractivity contribution in [3.8, 4) is 5.69 Å². The van der Waals surface area contributed by atoms with Gasteiger partial charge in [-0.25, -0.2) is 19.6 Å². The number of nitrogens with one attached hydrogen (secondary N) is 1. The summed E-state index contributed by atoms with van der Waals surface area (Å²) in [5, 5.41) is 23.2. The molecule has 9 nitrogen and oxygen atoms in total. The highest BCUT2D eigenvalue weighted by Crippen LogP contribution is 2.29. The molecule has 0 aliphatic rings. The first-order valence-corrected chi connectivity index (χ1v) is 10.6. The molecule has 0 radical (unpaired) electrons. The van der Waals surface area contributed by atoms with Gasteiger partial charge >= 0.3 is 11.9 Å². The van der Waals surface area contributed by atoms with Gasteiger partial charge in [-0.2, -0.15) is 0 Å². The number of carbonyl (C=O) groups is 2. The molecule has 0 fully saturated rings. The lowest BCUT2D eigenvalue weighted by atomic mass is 10.1. The molecule has 0 aliphatic heterocycles. The van der Waals surface area contributed by atoms with Crippen LogP contribution >= 0.6 is 11.6 Å². The first-order chi connectivity index (χ1) is 16.2. The quantitative estimate of drug-likeness (QED) is 0.212. The predicted octanol–water partition coefficient (Wildman–Crippen LogP) is 4.28. The summed E-state index contributed by atoms with van der Waals surface area (Å²) in [6.07, 6.45) is -1.25. The Bertz CT molecular complexity index is 1410. The van der Waals surface area contributed by atoms with E-state index in [1.807, 2.05) is 30.5 Å². The minimum absolute atomic E-state index is 0.0134. The third kappa shape index (κ3) is 4.18. The van der Waals surface area contributed by atoms with Gasteiger partial charge < -0.3 is 24.8 Å². The van der Waals surface area contributed by atoms with Crippen LogP contribution in [0.3, 0.4) is 0 Å². The summed E-state index contributed by atoms with van der Waals surface area (Å²) in [5.74, 6) is -1.64. The summed E-state index contributed by atoms with van der Waals surface area (Å²) in [6.45, 7) is 3.82. The van der Waals surface area contributed by atoms with E-state index in [9.17, 15) is 19.8 Å². The van der Waals surface area contributed by atoms with Crippen LogP contribution in [-0.2, 0) is 4.74 Å². The maximum Gasteiger partial charge on any atom is 0.339 e. The molecular formula is C24H21ClN4O5. The Labute approximate surface area is 199 Å². The third-order valence-corrected chi connectivity index (χ3v) is 5.70. The first-order valence-electron chi connectivity index (χ1n) is 10.2. The average Bonchev–Trinajstić information content (AvgIpc) is 3.15. The minimum Gasteiger partial charge on any atom is -0.478 e. The molecule has 0 saturated carbocycles. The van der Waals surface area contributed by atoms with E-state index in [4.69, 9.17) is 16.3 Å². The number of methoxy groups -OCH3 is 1. The van der Waals surface area contributed by atoms with Crippen LogP contribution < -0.4 is 5.32 Å². The first kappa shape index (κ1) is 23.2. The molecule has 10 heteroatoms. The second kappa shape index (κ2) is 9.12. The molecule has 4 aromatic rings. The number of hydrogen-bond acceptors (Lipinski definition) is 7. The molecule has 2 heterocycles. The summed E-state index contributed by atoms with van der Waals surface area (Å²) in [7, 11) is 1.31. The Morgan fingerprint density at radius 2 is 1.76 bits per heavy atom. The number of carboxylic acid groups (broad SMARTS) is 1. The number of hydrogen-bond donors (Lipinski definition) is 3. The lowest BCUT2D eigenvalue weighted by Crippen LogP contribution is -2.15. The molecule has 0 bridgehead atoms. The molecule has 34 heavy (non-hydrogen) atoms. The van der Waals surface area contributed by atoms with Gasteiger partial charge in [-0.15, -0.1) is 0 Å². The summed E-state index contributed by atoms with van der Waals surface area (Å²) < 4.78 is 6.81. The van der Waals surface area contributed by atoms with Crippen molar-refractivity contribution in [3.05, 3.63) is 81.8 Å². The van der Waals surface area contributed by atoms with E-state index in [2.05, 4.69) is 15.3 Å². The number of aliphatic hydroxyl groups is 1. The lowest BCUT2D eigenvalue weighted by Gasteiger charge is -2.18. The van der Waals surface area contributed by atoms with Crippen molar-refractivity contribution in [2.45, 2.75) is 20.1 Å². The van der Waals surface area contributed by atoms with Crippen LogP contribution in [0.15, 0.2) is 48.5 Å². The van der Waals surface area contributed by atoms with Gasteiger partial charge in [0.25, 0.3) is 0 Å². The number of aliphatic hydroxyl groups excluding tert-OH is 1. The van der Waals surface area contributed by atoms with Gasteiger partial charge in [0.15, 0.2) is 6.23 Å². The normalized spacial score (nSPS) is 11.9. The topological polar surface area (TPSA) is 127 Å². The zero-order valence-electron chi connectivity index (χ0n) is 18.5. The standard InChI is InChI=1S/C24H21ClN4O5/c1-12-7-8-13(2)29(12)18-11-14(9-10-15(18)23(33)34-3)21(30)28-24-26-17-6-4-5-16(22(31)32)19(17)20(25)27-24/h4-11,21,30H,1-3H3,(H,31,32)(H,26,27,28). The number of esters is 1. The predicted molar refractivity (Wildman–Crippen MR) is 127 cm³/mol. The lowest BCUT2D eigenvalue weighted by molar-refractivity contribution is 0.0599. The number of halogens is 1.